The standard InChI is InChI=1S/C12H23NO3/c1-8(2)11(12(15)16-3)13-9-6-4-5-7-10(9)14/h8-11,13-14H,4-7H2,1-3H3. The summed E-state index contributed by atoms with van der Waals surface area (Å²) in [6.07, 6.45) is 3.61. The lowest BCUT2D eigenvalue weighted by Gasteiger charge is -2.32. The Morgan fingerprint density at radius 1 is 1.38 bits per heavy atom. The smallest absolute Gasteiger partial charge is 0.323 e. The molecule has 4 heteroatoms. The molecule has 0 aliphatic heterocycles. The largest absolute Gasteiger partial charge is 0.468 e. The fourth-order valence-corrected chi connectivity index (χ4v) is 2.20. The summed E-state index contributed by atoms with van der Waals surface area (Å²) in [6.45, 7) is 3.95. The third-order valence-electron chi connectivity index (χ3n) is 3.24. The average molecular weight is 229 g/mol. The number of rotatable bonds is 4. The first-order valence-electron chi connectivity index (χ1n) is 6.08. The second-order valence-corrected chi connectivity index (χ2v) is 4.87. The number of nitrogens with one attached hydrogen (secondary N) is 1. The summed E-state index contributed by atoms with van der Waals surface area (Å²) in [5.41, 5.74) is 0. The highest BCUT2D eigenvalue weighted by atomic mass is 16.5. The van der Waals surface area contributed by atoms with Crippen LogP contribution in [0, 0.1) is 5.92 Å². The lowest BCUT2D eigenvalue weighted by molar-refractivity contribution is -0.145. The Labute approximate surface area is 97.4 Å². The van der Waals surface area contributed by atoms with Crippen LogP contribution in [0.25, 0.3) is 0 Å². The second-order valence-electron chi connectivity index (χ2n) is 4.87. The van der Waals surface area contributed by atoms with E-state index in [-0.39, 0.29) is 30.1 Å². The van der Waals surface area contributed by atoms with Crippen LogP contribution in [0.15, 0.2) is 0 Å². The van der Waals surface area contributed by atoms with Crippen molar-refractivity contribution in [2.45, 2.75) is 57.7 Å². The van der Waals surface area contributed by atoms with Crippen molar-refractivity contribution in [1.82, 2.24) is 5.32 Å². The van der Waals surface area contributed by atoms with Crippen LogP contribution in [-0.4, -0.2) is 36.4 Å². The quantitative estimate of drug-likeness (QED) is 0.708. The minimum Gasteiger partial charge on any atom is -0.468 e. The van der Waals surface area contributed by atoms with Crippen molar-refractivity contribution >= 4 is 5.97 Å². The van der Waals surface area contributed by atoms with Gasteiger partial charge in [-0.1, -0.05) is 26.7 Å². The van der Waals surface area contributed by atoms with Crippen LogP contribution in [0.5, 0.6) is 0 Å². The van der Waals surface area contributed by atoms with E-state index in [1.54, 1.807) is 0 Å². The van der Waals surface area contributed by atoms with Gasteiger partial charge in [-0.3, -0.25) is 10.1 Å². The van der Waals surface area contributed by atoms with Gasteiger partial charge in [-0.15, -0.1) is 0 Å². The summed E-state index contributed by atoms with van der Waals surface area (Å²) < 4.78 is 4.77. The van der Waals surface area contributed by atoms with Gasteiger partial charge in [-0.05, 0) is 18.8 Å². The molecule has 0 aromatic rings. The van der Waals surface area contributed by atoms with Crippen LogP contribution < -0.4 is 5.32 Å². The minimum absolute atomic E-state index is 0.0280. The molecule has 4 nitrogen and oxygen atoms in total. The SMILES string of the molecule is COC(=O)C(NC1CCCCC1O)C(C)C. The van der Waals surface area contributed by atoms with E-state index in [1.165, 1.54) is 7.11 Å². The summed E-state index contributed by atoms with van der Waals surface area (Å²) in [5.74, 6) is -0.0747. The van der Waals surface area contributed by atoms with Gasteiger partial charge in [0.05, 0.1) is 13.2 Å². The second kappa shape index (κ2) is 6.21. The van der Waals surface area contributed by atoms with Gasteiger partial charge in [-0.25, -0.2) is 0 Å². The zero-order valence-electron chi connectivity index (χ0n) is 10.4. The first-order valence-corrected chi connectivity index (χ1v) is 6.08. The van der Waals surface area contributed by atoms with Gasteiger partial charge in [0.25, 0.3) is 0 Å². The first-order chi connectivity index (χ1) is 7.56. The molecule has 0 amide bonds. The van der Waals surface area contributed by atoms with Gasteiger partial charge in [0.1, 0.15) is 6.04 Å². The number of ether oxygens (including phenoxy) is 1. The molecule has 0 radical (unpaired) electrons. The maximum Gasteiger partial charge on any atom is 0.323 e. The third kappa shape index (κ3) is 3.46. The Hall–Kier alpha value is -0.610. The van der Waals surface area contributed by atoms with Crippen molar-refractivity contribution in [3.63, 3.8) is 0 Å². The average Bonchev–Trinajstić information content (AvgIpc) is 2.26. The lowest BCUT2D eigenvalue weighted by Crippen LogP contribution is -2.52. The monoisotopic (exact) mass is 229 g/mol. The molecule has 0 saturated heterocycles. The van der Waals surface area contributed by atoms with Crippen molar-refractivity contribution < 1.29 is 14.6 Å². The summed E-state index contributed by atoms with van der Waals surface area (Å²) >= 11 is 0. The Bertz CT molecular complexity index is 230. The molecular formula is C12H23NO3. The van der Waals surface area contributed by atoms with E-state index in [0.29, 0.717) is 0 Å². The van der Waals surface area contributed by atoms with Crippen molar-refractivity contribution in [3.8, 4) is 0 Å². The molecule has 1 aliphatic carbocycles. The number of esters is 1. The Morgan fingerprint density at radius 3 is 2.50 bits per heavy atom. The van der Waals surface area contributed by atoms with Gasteiger partial charge in [0, 0.05) is 6.04 Å². The van der Waals surface area contributed by atoms with Crippen LogP contribution in [0.1, 0.15) is 39.5 Å². The summed E-state index contributed by atoms with van der Waals surface area (Å²) in [6, 6.07) is -0.289. The molecule has 1 rings (SSSR count). The van der Waals surface area contributed by atoms with Crippen LogP contribution in [0.3, 0.4) is 0 Å². The van der Waals surface area contributed by atoms with Gasteiger partial charge >= 0.3 is 5.97 Å². The van der Waals surface area contributed by atoms with Crippen LogP contribution >= 0.6 is 0 Å². The van der Waals surface area contributed by atoms with Crippen LogP contribution in [0.4, 0.5) is 0 Å². The lowest BCUT2D eigenvalue weighted by atomic mass is 9.91. The molecule has 94 valence electrons. The molecule has 1 fully saturated rings. The molecule has 3 unspecified atom stereocenters. The maximum atomic E-state index is 11.6. The summed E-state index contributed by atoms with van der Waals surface area (Å²) in [4.78, 5) is 11.6. The number of carbonyl (C=O) groups excluding carboxylic acids is 1. The van der Waals surface area contributed by atoms with E-state index in [1.807, 2.05) is 13.8 Å². The Balaban J connectivity index is 2.56. The highest BCUT2D eigenvalue weighted by Crippen LogP contribution is 2.20. The van der Waals surface area contributed by atoms with Gasteiger partial charge in [-0.2, -0.15) is 0 Å². The summed E-state index contributed by atoms with van der Waals surface area (Å²) in [5, 5.41) is 13.1. The first kappa shape index (κ1) is 13.5. The van der Waals surface area contributed by atoms with Gasteiger partial charge in [0.15, 0.2) is 0 Å². The zero-order valence-corrected chi connectivity index (χ0v) is 10.4. The van der Waals surface area contributed by atoms with Gasteiger partial charge < -0.3 is 9.84 Å². The molecule has 16 heavy (non-hydrogen) atoms. The molecule has 1 aliphatic rings. The molecule has 3 atom stereocenters. The Morgan fingerprint density at radius 2 is 2.00 bits per heavy atom. The summed E-state index contributed by atoms with van der Waals surface area (Å²) in [7, 11) is 1.40. The van der Waals surface area contributed by atoms with E-state index in [2.05, 4.69) is 5.32 Å². The predicted octanol–water partition coefficient (Wildman–Crippen LogP) is 1.08. The molecule has 0 aromatic heterocycles. The Kier molecular flexibility index (Phi) is 5.22. The van der Waals surface area contributed by atoms with E-state index in [0.717, 1.165) is 25.7 Å². The molecule has 2 N–H and O–H groups in total. The van der Waals surface area contributed by atoms with Crippen molar-refractivity contribution in [2.24, 2.45) is 5.92 Å². The number of carbonyl (C=O) groups is 1. The zero-order chi connectivity index (χ0) is 12.1. The normalized spacial score (nSPS) is 27.8. The molecule has 0 heterocycles. The highest BCUT2D eigenvalue weighted by Gasteiger charge is 2.30. The minimum atomic E-state index is -0.334. The van der Waals surface area contributed by atoms with Crippen LogP contribution in [-0.2, 0) is 9.53 Å². The maximum absolute atomic E-state index is 11.6. The van der Waals surface area contributed by atoms with E-state index in [9.17, 15) is 9.90 Å². The predicted molar refractivity (Wildman–Crippen MR) is 62.0 cm³/mol. The fourth-order valence-electron chi connectivity index (χ4n) is 2.20. The number of hydrogen-bond donors (Lipinski definition) is 2. The number of aliphatic hydroxyl groups is 1. The van der Waals surface area contributed by atoms with E-state index < -0.39 is 0 Å². The third-order valence-corrected chi connectivity index (χ3v) is 3.24. The molecular weight excluding hydrogens is 206 g/mol. The number of hydrogen-bond acceptors (Lipinski definition) is 4. The highest BCUT2D eigenvalue weighted by molar-refractivity contribution is 5.76. The number of aliphatic hydroxyl groups excluding tert-OH is 1. The molecule has 1 saturated carbocycles. The van der Waals surface area contributed by atoms with E-state index in [4.69, 9.17) is 4.74 Å². The van der Waals surface area contributed by atoms with E-state index >= 15 is 0 Å². The number of methoxy groups -OCH3 is 1. The molecule has 0 spiro atoms. The van der Waals surface area contributed by atoms with Crippen molar-refractivity contribution in [2.75, 3.05) is 7.11 Å². The van der Waals surface area contributed by atoms with Gasteiger partial charge in [0.2, 0.25) is 0 Å². The van der Waals surface area contributed by atoms with Crippen molar-refractivity contribution in [3.05, 3.63) is 0 Å². The molecule has 0 aromatic carbocycles. The van der Waals surface area contributed by atoms with Crippen LogP contribution in [0.2, 0.25) is 0 Å². The van der Waals surface area contributed by atoms with Crippen molar-refractivity contribution in [1.29, 1.82) is 0 Å². The molecule has 0 bridgehead atoms. The topological polar surface area (TPSA) is 58.6 Å². The fraction of sp³-hybridized carbons (Fsp3) is 0.917.